The Bertz CT molecular complexity index is 889. The Kier molecular flexibility index (Phi) is 4.19. The van der Waals surface area contributed by atoms with Crippen LogP contribution in [0, 0.1) is 0 Å². The van der Waals surface area contributed by atoms with E-state index in [-0.39, 0.29) is 11.9 Å². The summed E-state index contributed by atoms with van der Waals surface area (Å²) in [4.78, 5) is 23.6. The van der Waals surface area contributed by atoms with Gasteiger partial charge in [0, 0.05) is 31.9 Å². The van der Waals surface area contributed by atoms with E-state index >= 15 is 0 Å². The first-order chi connectivity index (χ1) is 12.2. The van der Waals surface area contributed by atoms with Crippen LogP contribution in [-0.2, 0) is 6.54 Å². The van der Waals surface area contributed by atoms with Crippen LogP contribution in [0.2, 0.25) is 0 Å². The highest BCUT2D eigenvalue weighted by molar-refractivity contribution is 5.96. The van der Waals surface area contributed by atoms with Gasteiger partial charge in [0.1, 0.15) is 5.52 Å². The number of carbonyl (C=O) groups is 1. The molecule has 25 heavy (non-hydrogen) atoms. The summed E-state index contributed by atoms with van der Waals surface area (Å²) in [5.74, 6) is 0.0287. The monoisotopic (exact) mass is 335 g/mol. The second-order valence-electron chi connectivity index (χ2n) is 6.48. The summed E-state index contributed by atoms with van der Waals surface area (Å²) in [5.41, 5.74) is 3.35. The Labute approximate surface area is 146 Å². The number of benzene rings is 1. The number of fused-ring (bicyclic) bond motifs is 1. The largest absolute Gasteiger partial charge is 0.333 e. The van der Waals surface area contributed by atoms with Gasteiger partial charge in [0.15, 0.2) is 5.65 Å². The van der Waals surface area contributed by atoms with E-state index in [9.17, 15) is 4.79 Å². The van der Waals surface area contributed by atoms with Crippen LogP contribution < -0.4 is 5.32 Å². The molecule has 1 amide bonds. The molecule has 1 saturated heterocycles. The van der Waals surface area contributed by atoms with E-state index in [0.29, 0.717) is 12.1 Å². The van der Waals surface area contributed by atoms with E-state index in [1.54, 1.807) is 12.5 Å². The summed E-state index contributed by atoms with van der Waals surface area (Å²) in [7, 11) is 0. The summed E-state index contributed by atoms with van der Waals surface area (Å²) in [6, 6.07) is 12.2. The third kappa shape index (κ3) is 3.13. The molecule has 3 heterocycles. The van der Waals surface area contributed by atoms with Gasteiger partial charge in [-0.2, -0.15) is 0 Å². The van der Waals surface area contributed by atoms with Crippen LogP contribution in [0.3, 0.4) is 0 Å². The highest BCUT2D eigenvalue weighted by Gasteiger charge is 2.24. The van der Waals surface area contributed by atoms with Crippen molar-refractivity contribution in [2.24, 2.45) is 0 Å². The molecule has 4 rings (SSSR count). The van der Waals surface area contributed by atoms with Gasteiger partial charge in [-0.3, -0.25) is 4.79 Å². The molecule has 6 heteroatoms. The average Bonchev–Trinajstić information content (AvgIpc) is 3.04. The Morgan fingerprint density at radius 1 is 1.28 bits per heavy atom. The van der Waals surface area contributed by atoms with Crippen LogP contribution in [0.15, 0.2) is 48.9 Å². The molecule has 2 aromatic heterocycles. The molecule has 1 aliphatic heterocycles. The Morgan fingerprint density at radius 2 is 2.12 bits per heavy atom. The second-order valence-corrected chi connectivity index (χ2v) is 6.48. The standard InChI is InChI=1S/C19H21N5O/c1-14-10-20-7-8-24(14)19(25)16-9-17-18(21-11-16)23(13-22-17)12-15-5-3-2-4-6-15/h2-6,9,11,13-14,20H,7-8,10,12H2,1H3. The van der Waals surface area contributed by atoms with Crippen molar-refractivity contribution < 1.29 is 4.79 Å². The minimum Gasteiger partial charge on any atom is -0.333 e. The Hall–Kier alpha value is -2.73. The molecular formula is C19H21N5O. The van der Waals surface area contributed by atoms with Crippen LogP contribution in [-0.4, -0.2) is 51.0 Å². The number of pyridine rings is 1. The summed E-state index contributed by atoms with van der Waals surface area (Å²) in [6.45, 7) is 5.15. The molecule has 0 saturated carbocycles. The number of nitrogens with zero attached hydrogens (tertiary/aromatic N) is 4. The molecule has 0 spiro atoms. The number of rotatable bonds is 3. The number of amides is 1. The zero-order valence-corrected chi connectivity index (χ0v) is 14.2. The van der Waals surface area contributed by atoms with Gasteiger partial charge in [-0.05, 0) is 18.6 Å². The van der Waals surface area contributed by atoms with Crippen LogP contribution in [0.1, 0.15) is 22.8 Å². The van der Waals surface area contributed by atoms with Crippen molar-refractivity contribution in [2.75, 3.05) is 19.6 Å². The van der Waals surface area contributed by atoms with Gasteiger partial charge in [0.2, 0.25) is 0 Å². The van der Waals surface area contributed by atoms with E-state index in [2.05, 4.69) is 34.3 Å². The summed E-state index contributed by atoms with van der Waals surface area (Å²) >= 11 is 0. The molecule has 1 atom stereocenters. The third-order valence-electron chi connectivity index (χ3n) is 4.66. The first kappa shape index (κ1) is 15.8. The lowest BCUT2D eigenvalue weighted by molar-refractivity contribution is 0.0655. The van der Waals surface area contributed by atoms with Crippen molar-refractivity contribution in [3.05, 3.63) is 60.0 Å². The maximum Gasteiger partial charge on any atom is 0.255 e. The molecule has 3 aromatic rings. The fraction of sp³-hybridized carbons (Fsp3) is 0.316. The van der Waals surface area contributed by atoms with E-state index in [0.717, 1.165) is 30.8 Å². The smallest absolute Gasteiger partial charge is 0.255 e. The van der Waals surface area contributed by atoms with Crippen LogP contribution >= 0.6 is 0 Å². The van der Waals surface area contributed by atoms with Gasteiger partial charge >= 0.3 is 0 Å². The lowest BCUT2D eigenvalue weighted by atomic mass is 10.1. The van der Waals surface area contributed by atoms with E-state index in [1.165, 1.54) is 5.56 Å². The van der Waals surface area contributed by atoms with Crippen molar-refractivity contribution in [3.63, 3.8) is 0 Å². The van der Waals surface area contributed by atoms with Crippen molar-refractivity contribution in [1.29, 1.82) is 0 Å². The SMILES string of the molecule is CC1CNCCN1C(=O)c1cnc2c(c1)ncn2Cc1ccccc1. The quantitative estimate of drug-likeness (QED) is 0.794. The maximum absolute atomic E-state index is 12.8. The first-order valence-corrected chi connectivity index (χ1v) is 8.59. The lowest BCUT2D eigenvalue weighted by Gasteiger charge is -2.33. The second kappa shape index (κ2) is 6.64. The first-order valence-electron chi connectivity index (χ1n) is 8.59. The highest BCUT2D eigenvalue weighted by atomic mass is 16.2. The fourth-order valence-electron chi connectivity index (χ4n) is 3.27. The zero-order chi connectivity index (χ0) is 17.2. The van der Waals surface area contributed by atoms with Crippen molar-refractivity contribution in [2.45, 2.75) is 19.5 Å². The number of nitrogens with one attached hydrogen (secondary N) is 1. The van der Waals surface area contributed by atoms with Gasteiger partial charge in [0.25, 0.3) is 5.91 Å². The predicted molar refractivity (Wildman–Crippen MR) is 96.4 cm³/mol. The molecule has 0 radical (unpaired) electrons. The van der Waals surface area contributed by atoms with Crippen LogP contribution in [0.5, 0.6) is 0 Å². The molecular weight excluding hydrogens is 314 g/mol. The van der Waals surface area contributed by atoms with E-state index < -0.39 is 0 Å². The number of carbonyl (C=O) groups excluding carboxylic acids is 1. The molecule has 1 aliphatic rings. The number of imidazole rings is 1. The number of piperazine rings is 1. The third-order valence-corrected chi connectivity index (χ3v) is 4.66. The minimum atomic E-state index is 0.0287. The van der Waals surface area contributed by atoms with Crippen LogP contribution in [0.25, 0.3) is 11.2 Å². The molecule has 1 aromatic carbocycles. The normalized spacial score (nSPS) is 17.8. The maximum atomic E-state index is 12.8. The average molecular weight is 335 g/mol. The van der Waals surface area contributed by atoms with E-state index in [1.807, 2.05) is 33.7 Å². The summed E-state index contributed by atoms with van der Waals surface area (Å²) < 4.78 is 2.01. The van der Waals surface area contributed by atoms with Gasteiger partial charge < -0.3 is 14.8 Å². The molecule has 1 fully saturated rings. The fourth-order valence-corrected chi connectivity index (χ4v) is 3.27. The zero-order valence-electron chi connectivity index (χ0n) is 14.2. The van der Waals surface area contributed by atoms with Gasteiger partial charge in [-0.25, -0.2) is 9.97 Å². The van der Waals surface area contributed by atoms with E-state index in [4.69, 9.17) is 0 Å². The Morgan fingerprint density at radius 3 is 2.92 bits per heavy atom. The van der Waals surface area contributed by atoms with Gasteiger partial charge in [0.05, 0.1) is 18.4 Å². The predicted octanol–water partition coefficient (Wildman–Crippen LogP) is 1.91. The molecule has 0 bridgehead atoms. The molecule has 6 nitrogen and oxygen atoms in total. The minimum absolute atomic E-state index is 0.0287. The Balaban J connectivity index is 1.60. The number of aromatic nitrogens is 3. The summed E-state index contributed by atoms with van der Waals surface area (Å²) in [6.07, 6.45) is 3.45. The number of hydrogen-bond acceptors (Lipinski definition) is 4. The van der Waals surface area contributed by atoms with Crippen LogP contribution in [0.4, 0.5) is 0 Å². The molecule has 128 valence electrons. The number of hydrogen-bond donors (Lipinski definition) is 1. The molecule has 1 N–H and O–H groups in total. The van der Waals surface area contributed by atoms with Crippen molar-refractivity contribution in [3.8, 4) is 0 Å². The summed E-state index contributed by atoms with van der Waals surface area (Å²) in [5, 5.41) is 3.30. The van der Waals surface area contributed by atoms with Gasteiger partial charge in [-0.1, -0.05) is 30.3 Å². The highest BCUT2D eigenvalue weighted by Crippen LogP contribution is 2.16. The van der Waals surface area contributed by atoms with Crippen molar-refractivity contribution in [1.82, 2.24) is 24.8 Å². The van der Waals surface area contributed by atoms with Crippen molar-refractivity contribution >= 4 is 17.1 Å². The van der Waals surface area contributed by atoms with Gasteiger partial charge in [-0.15, -0.1) is 0 Å². The molecule has 0 aliphatic carbocycles. The molecule has 1 unspecified atom stereocenters. The lowest BCUT2D eigenvalue weighted by Crippen LogP contribution is -2.52. The topological polar surface area (TPSA) is 63.1 Å².